The third kappa shape index (κ3) is 3.74. The number of benzene rings is 3. The van der Waals surface area contributed by atoms with Crippen LogP contribution in [-0.4, -0.2) is 11.8 Å². The van der Waals surface area contributed by atoms with Crippen molar-refractivity contribution in [1.82, 2.24) is 0 Å². The van der Waals surface area contributed by atoms with Crippen molar-refractivity contribution in [2.75, 3.05) is 10.6 Å². The van der Waals surface area contributed by atoms with Crippen molar-refractivity contribution in [3.05, 3.63) is 83.9 Å². The molecule has 2 amide bonds. The van der Waals surface area contributed by atoms with E-state index in [9.17, 15) is 9.59 Å². The first kappa shape index (κ1) is 17.8. The van der Waals surface area contributed by atoms with Crippen LogP contribution in [0.15, 0.2) is 72.8 Å². The summed E-state index contributed by atoms with van der Waals surface area (Å²) in [5.74, 6) is 0.297. The summed E-state index contributed by atoms with van der Waals surface area (Å²) in [5.41, 5.74) is 3.21. The molecular formula is C23H20N2O3. The molecule has 28 heavy (non-hydrogen) atoms. The van der Waals surface area contributed by atoms with E-state index < -0.39 is 5.92 Å². The fourth-order valence-corrected chi connectivity index (χ4v) is 3.26. The van der Waals surface area contributed by atoms with Crippen LogP contribution < -0.4 is 15.4 Å². The van der Waals surface area contributed by atoms with E-state index in [2.05, 4.69) is 10.6 Å². The third-order valence-electron chi connectivity index (χ3n) is 4.71. The van der Waals surface area contributed by atoms with Gasteiger partial charge in [-0.15, -0.1) is 0 Å². The van der Waals surface area contributed by atoms with Crippen molar-refractivity contribution < 1.29 is 14.3 Å². The second-order valence-corrected chi connectivity index (χ2v) is 6.79. The molecule has 5 heteroatoms. The smallest absolute Gasteiger partial charge is 0.232 e. The van der Waals surface area contributed by atoms with Crippen LogP contribution in [0.4, 0.5) is 11.4 Å². The average Bonchev–Trinajstić information content (AvgIpc) is 2.70. The van der Waals surface area contributed by atoms with Crippen LogP contribution in [0.25, 0.3) is 0 Å². The molecule has 3 aromatic carbocycles. The molecule has 0 saturated carbocycles. The highest BCUT2D eigenvalue weighted by atomic mass is 16.5. The molecule has 0 spiro atoms. The van der Waals surface area contributed by atoms with Gasteiger partial charge in [-0.3, -0.25) is 9.59 Å². The zero-order valence-electron chi connectivity index (χ0n) is 15.4. The predicted octanol–water partition coefficient (Wildman–Crippen LogP) is 4.85. The summed E-state index contributed by atoms with van der Waals surface area (Å²) in [6.45, 7) is 2.01. The second-order valence-electron chi connectivity index (χ2n) is 6.79. The molecule has 0 saturated heterocycles. The van der Waals surface area contributed by atoms with Crippen molar-refractivity contribution in [2.45, 2.75) is 19.3 Å². The maximum atomic E-state index is 13.0. The fourth-order valence-electron chi connectivity index (χ4n) is 3.26. The number of anilines is 2. The van der Waals surface area contributed by atoms with E-state index in [1.54, 1.807) is 18.2 Å². The first-order valence-corrected chi connectivity index (χ1v) is 9.13. The van der Waals surface area contributed by atoms with Gasteiger partial charge in [-0.1, -0.05) is 48.0 Å². The molecule has 140 valence electrons. The van der Waals surface area contributed by atoms with Crippen LogP contribution in [0.2, 0.25) is 0 Å². The molecule has 0 bridgehead atoms. The lowest BCUT2D eigenvalue weighted by Gasteiger charge is -2.25. The van der Waals surface area contributed by atoms with E-state index >= 15 is 0 Å². The van der Waals surface area contributed by atoms with E-state index in [-0.39, 0.29) is 18.2 Å². The maximum Gasteiger partial charge on any atom is 0.232 e. The number of carbonyl (C=O) groups excluding carboxylic acids is 2. The lowest BCUT2D eigenvalue weighted by Crippen LogP contribution is -2.30. The van der Waals surface area contributed by atoms with E-state index in [1.165, 1.54) is 0 Å². The van der Waals surface area contributed by atoms with E-state index in [4.69, 9.17) is 4.74 Å². The van der Waals surface area contributed by atoms with Gasteiger partial charge in [0.2, 0.25) is 11.8 Å². The summed E-state index contributed by atoms with van der Waals surface area (Å²) in [5, 5.41) is 5.74. The van der Waals surface area contributed by atoms with Gasteiger partial charge >= 0.3 is 0 Å². The standard InChI is InChI=1S/C23H20N2O3/c1-15-10-12-16(13-11-15)28-21-9-5-4-8-20(21)25-23(27)18-14-22(26)24-19-7-3-2-6-17(18)19/h2-13,18H,14H2,1H3,(H,24,26)(H,25,27). The molecule has 1 aliphatic rings. The molecule has 1 unspecified atom stereocenters. The van der Waals surface area contributed by atoms with Gasteiger partial charge in [0.05, 0.1) is 11.6 Å². The number of hydrogen-bond acceptors (Lipinski definition) is 3. The summed E-state index contributed by atoms with van der Waals surface area (Å²) >= 11 is 0. The monoisotopic (exact) mass is 372 g/mol. The number of hydrogen-bond donors (Lipinski definition) is 2. The SMILES string of the molecule is Cc1ccc(Oc2ccccc2NC(=O)C2CC(=O)Nc3ccccc32)cc1. The zero-order chi connectivity index (χ0) is 19.5. The maximum absolute atomic E-state index is 13.0. The van der Waals surface area contributed by atoms with Crippen LogP contribution in [0.1, 0.15) is 23.5 Å². The zero-order valence-corrected chi connectivity index (χ0v) is 15.4. The highest BCUT2D eigenvalue weighted by Crippen LogP contribution is 2.35. The number of carbonyl (C=O) groups is 2. The van der Waals surface area contributed by atoms with Gasteiger partial charge < -0.3 is 15.4 Å². The van der Waals surface area contributed by atoms with Gasteiger partial charge in [0.1, 0.15) is 5.75 Å². The molecular weight excluding hydrogens is 352 g/mol. The number of nitrogens with one attached hydrogen (secondary N) is 2. The van der Waals surface area contributed by atoms with Gasteiger partial charge in [-0.2, -0.15) is 0 Å². The van der Waals surface area contributed by atoms with Crippen molar-refractivity contribution in [3.8, 4) is 11.5 Å². The van der Waals surface area contributed by atoms with Crippen molar-refractivity contribution >= 4 is 23.2 Å². The minimum absolute atomic E-state index is 0.115. The average molecular weight is 372 g/mol. The first-order valence-electron chi connectivity index (χ1n) is 9.13. The van der Waals surface area contributed by atoms with Gasteiger partial charge in [0, 0.05) is 12.1 Å². The van der Waals surface area contributed by atoms with Crippen LogP contribution >= 0.6 is 0 Å². The van der Waals surface area contributed by atoms with Crippen molar-refractivity contribution in [1.29, 1.82) is 0 Å². The quantitative estimate of drug-likeness (QED) is 0.688. The summed E-state index contributed by atoms with van der Waals surface area (Å²) in [6, 6.07) is 22.4. The van der Waals surface area contributed by atoms with E-state index in [1.807, 2.05) is 61.5 Å². The van der Waals surface area contributed by atoms with E-state index in [0.717, 1.165) is 11.1 Å². The highest BCUT2D eigenvalue weighted by molar-refractivity contribution is 6.05. The Kier molecular flexibility index (Phi) is 4.81. The van der Waals surface area contributed by atoms with Crippen LogP contribution in [0.5, 0.6) is 11.5 Å². The molecule has 3 aromatic rings. The van der Waals surface area contributed by atoms with Gasteiger partial charge in [-0.05, 0) is 42.8 Å². The van der Waals surface area contributed by atoms with Crippen LogP contribution in [-0.2, 0) is 9.59 Å². The third-order valence-corrected chi connectivity index (χ3v) is 4.71. The van der Waals surface area contributed by atoms with Crippen molar-refractivity contribution in [2.24, 2.45) is 0 Å². The van der Waals surface area contributed by atoms with Gasteiger partial charge in [-0.25, -0.2) is 0 Å². The van der Waals surface area contributed by atoms with E-state index in [0.29, 0.717) is 22.9 Å². The molecule has 1 aliphatic heterocycles. The van der Waals surface area contributed by atoms with Gasteiger partial charge in [0.15, 0.2) is 5.75 Å². The molecule has 1 atom stereocenters. The predicted molar refractivity (Wildman–Crippen MR) is 109 cm³/mol. The molecule has 0 aromatic heterocycles. The number of amides is 2. The Balaban J connectivity index is 1.57. The molecule has 0 radical (unpaired) electrons. The molecule has 0 aliphatic carbocycles. The molecule has 5 nitrogen and oxygen atoms in total. The largest absolute Gasteiger partial charge is 0.455 e. The van der Waals surface area contributed by atoms with Crippen LogP contribution in [0, 0.1) is 6.92 Å². The Morgan fingerprint density at radius 2 is 1.71 bits per heavy atom. The molecule has 1 heterocycles. The molecule has 4 rings (SSSR count). The Morgan fingerprint density at radius 3 is 2.54 bits per heavy atom. The Labute approximate surface area is 163 Å². The molecule has 0 fully saturated rings. The summed E-state index contributed by atoms with van der Waals surface area (Å²) in [7, 11) is 0. The number of rotatable bonds is 4. The number of para-hydroxylation sites is 3. The normalized spacial score (nSPS) is 15.3. The number of ether oxygens (including phenoxy) is 1. The number of fused-ring (bicyclic) bond motifs is 1. The topological polar surface area (TPSA) is 67.4 Å². The fraction of sp³-hybridized carbons (Fsp3) is 0.130. The lowest BCUT2D eigenvalue weighted by molar-refractivity contribution is -0.123. The minimum Gasteiger partial charge on any atom is -0.455 e. The lowest BCUT2D eigenvalue weighted by atomic mass is 9.90. The summed E-state index contributed by atoms with van der Waals surface area (Å²) < 4.78 is 5.95. The second kappa shape index (κ2) is 7.56. The van der Waals surface area contributed by atoms with Crippen molar-refractivity contribution in [3.63, 3.8) is 0 Å². The van der Waals surface area contributed by atoms with Gasteiger partial charge in [0.25, 0.3) is 0 Å². The Bertz CT molecular complexity index is 1030. The highest BCUT2D eigenvalue weighted by Gasteiger charge is 2.30. The summed E-state index contributed by atoms with van der Waals surface area (Å²) in [6.07, 6.45) is 0.115. The minimum atomic E-state index is -0.544. The summed E-state index contributed by atoms with van der Waals surface area (Å²) in [4.78, 5) is 25.0. The first-order chi connectivity index (χ1) is 13.6. The Hall–Kier alpha value is -3.60. The van der Waals surface area contributed by atoms with Crippen LogP contribution in [0.3, 0.4) is 0 Å². The molecule has 2 N–H and O–H groups in total. The number of aryl methyl sites for hydroxylation is 1. The Morgan fingerprint density at radius 1 is 1.00 bits per heavy atom.